The first-order valence-corrected chi connectivity index (χ1v) is 9.94. The molecule has 1 fully saturated rings. The Morgan fingerprint density at radius 2 is 1.81 bits per heavy atom. The third kappa shape index (κ3) is 5.10. The Hall–Kier alpha value is -2.34. The van der Waals surface area contributed by atoms with Gasteiger partial charge >= 0.3 is 6.03 Å². The lowest BCUT2D eigenvalue weighted by atomic mass is 10.1. The van der Waals surface area contributed by atoms with Gasteiger partial charge in [0.15, 0.2) is 0 Å². The van der Waals surface area contributed by atoms with Crippen molar-refractivity contribution in [1.82, 2.24) is 14.8 Å². The van der Waals surface area contributed by atoms with Crippen molar-refractivity contribution in [2.75, 3.05) is 31.5 Å². The second-order valence-electron chi connectivity index (χ2n) is 7.72. The zero-order chi connectivity index (χ0) is 19.2. The molecule has 0 aliphatic carbocycles. The summed E-state index contributed by atoms with van der Waals surface area (Å²) in [5, 5.41) is 7.28. The minimum atomic E-state index is -0.230. The van der Waals surface area contributed by atoms with Gasteiger partial charge in [-0.25, -0.2) is 4.79 Å². The molecule has 6 heteroatoms. The highest BCUT2D eigenvalue weighted by atomic mass is 16.2. The van der Waals surface area contributed by atoms with E-state index in [0.29, 0.717) is 30.1 Å². The molecule has 0 atom stereocenters. The molecule has 0 bridgehead atoms. The summed E-state index contributed by atoms with van der Waals surface area (Å²) in [6, 6.07) is 7.19. The van der Waals surface area contributed by atoms with Gasteiger partial charge in [-0.15, -0.1) is 0 Å². The fourth-order valence-electron chi connectivity index (χ4n) is 3.65. The van der Waals surface area contributed by atoms with E-state index in [1.807, 2.05) is 24.3 Å². The van der Waals surface area contributed by atoms with Crippen LogP contribution in [0.15, 0.2) is 35.3 Å². The molecule has 2 N–H and O–H groups in total. The quantitative estimate of drug-likeness (QED) is 0.820. The van der Waals surface area contributed by atoms with Crippen molar-refractivity contribution in [2.45, 2.75) is 39.7 Å². The van der Waals surface area contributed by atoms with Crippen molar-refractivity contribution in [2.24, 2.45) is 5.92 Å². The van der Waals surface area contributed by atoms with E-state index in [-0.39, 0.29) is 11.6 Å². The highest BCUT2D eigenvalue weighted by Gasteiger charge is 2.13. The number of nitrogens with one attached hydrogen (secondary N) is 2. The first-order chi connectivity index (χ1) is 13.0. The Balaban J connectivity index is 1.70. The van der Waals surface area contributed by atoms with Crippen LogP contribution in [0, 0.1) is 5.92 Å². The maximum atomic E-state index is 12.7. The second kappa shape index (κ2) is 9.04. The first-order valence-electron chi connectivity index (χ1n) is 9.94. The number of rotatable bonds is 6. The Labute approximate surface area is 160 Å². The summed E-state index contributed by atoms with van der Waals surface area (Å²) < 4.78 is 1.69. The van der Waals surface area contributed by atoms with Gasteiger partial charge in [0.05, 0.1) is 5.69 Å². The van der Waals surface area contributed by atoms with Crippen LogP contribution >= 0.6 is 0 Å². The van der Waals surface area contributed by atoms with E-state index in [1.54, 1.807) is 10.8 Å². The number of pyridine rings is 1. The third-order valence-corrected chi connectivity index (χ3v) is 4.97. The zero-order valence-corrected chi connectivity index (χ0v) is 16.3. The van der Waals surface area contributed by atoms with Crippen LogP contribution in [0.2, 0.25) is 0 Å². The fourth-order valence-corrected chi connectivity index (χ4v) is 3.65. The summed E-state index contributed by atoms with van der Waals surface area (Å²) >= 11 is 0. The van der Waals surface area contributed by atoms with E-state index < -0.39 is 0 Å². The summed E-state index contributed by atoms with van der Waals surface area (Å²) in [4.78, 5) is 27.5. The van der Waals surface area contributed by atoms with Crippen LogP contribution in [-0.2, 0) is 6.54 Å². The number of fused-ring (bicyclic) bond motifs is 1. The van der Waals surface area contributed by atoms with Crippen molar-refractivity contribution in [3.8, 4) is 0 Å². The molecule has 0 unspecified atom stereocenters. The average Bonchev–Trinajstić information content (AvgIpc) is 2.66. The molecule has 2 amide bonds. The Morgan fingerprint density at radius 3 is 2.52 bits per heavy atom. The molecular weight excluding hydrogens is 340 g/mol. The van der Waals surface area contributed by atoms with Crippen LogP contribution < -0.4 is 16.2 Å². The standard InChI is InChI=1S/C21H30N4O2/c1-16(2)14-25-15-19(17-8-4-5-9-18(17)20(25)26)23-21(27)22-10-13-24-11-6-3-7-12-24/h4-5,8-9,15-16H,3,6-7,10-14H2,1-2H3,(H2,22,23,27). The topological polar surface area (TPSA) is 66.4 Å². The van der Waals surface area contributed by atoms with Gasteiger partial charge in [-0.2, -0.15) is 0 Å². The van der Waals surface area contributed by atoms with Crippen molar-refractivity contribution in [3.05, 3.63) is 40.8 Å². The van der Waals surface area contributed by atoms with E-state index >= 15 is 0 Å². The number of urea groups is 1. The summed E-state index contributed by atoms with van der Waals surface area (Å²) in [5.74, 6) is 0.343. The van der Waals surface area contributed by atoms with Crippen LogP contribution in [-0.4, -0.2) is 41.7 Å². The number of carbonyl (C=O) groups is 1. The molecule has 0 saturated carbocycles. The molecule has 2 aromatic rings. The minimum absolute atomic E-state index is 0.0182. The molecule has 3 rings (SSSR count). The van der Waals surface area contributed by atoms with E-state index in [0.717, 1.165) is 25.0 Å². The number of anilines is 1. The molecule has 1 aliphatic heterocycles. The molecule has 2 heterocycles. The van der Waals surface area contributed by atoms with Gasteiger partial charge in [0.2, 0.25) is 0 Å². The van der Waals surface area contributed by atoms with Crippen molar-refractivity contribution < 1.29 is 4.79 Å². The summed E-state index contributed by atoms with van der Waals surface area (Å²) in [7, 11) is 0. The molecule has 0 spiro atoms. The number of amides is 2. The molecule has 6 nitrogen and oxygen atoms in total. The smallest absolute Gasteiger partial charge is 0.319 e. The number of benzene rings is 1. The lowest BCUT2D eigenvalue weighted by Gasteiger charge is -2.26. The molecule has 0 radical (unpaired) electrons. The third-order valence-electron chi connectivity index (χ3n) is 4.97. The highest BCUT2D eigenvalue weighted by molar-refractivity contribution is 6.00. The Kier molecular flexibility index (Phi) is 6.50. The SMILES string of the molecule is CC(C)Cn1cc(NC(=O)NCCN2CCCCC2)c2ccccc2c1=O. The molecular formula is C21H30N4O2. The van der Waals surface area contributed by atoms with Crippen molar-refractivity contribution >= 4 is 22.5 Å². The molecule has 1 aromatic carbocycles. The molecule has 146 valence electrons. The van der Waals surface area contributed by atoms with Crippen LogP contribution in [0.1, 0.15) is 33.1 Å². The normalized spacial score (nSPS) is 15.2. The fraction of sp³-hybridized carbons (Fsp3) is 0.524. The minimum Gasteiger partial charge on any atom is -0.337 e. The summed E-state index contributed by atoms with van der Waals surface area (Å²) in [6.45, 7) is 8.50. The van der Waals surface area contributed by atoms with Crippen LogP contribution in [0.3, 0.4) is 0 Å². The number of hydrogen-bond acceptors (Lipinski definition) is 3. The number of likely N-dealkylation sites (tertiary alicyclic amines) is 1. The van der Waals surface area contributed by atoms with Gasteiger partial charge in [-0.3, -0.25) is 4.79 Å². The van der Waals surface area contributed by atoms with Crippen LogP contribution in [0.4, 0.5) is 10.5 Å². The van der Waals surface area contributed by atoms with Crippen molar-refractivity contribution in [3.63, 3.8) is 0 Å². The summed E-state index contributed by atoms with van der Waals surface area (Å²) in [5.41, 5.74) is 0.650. The van der Waals surface area contributed by atoms with Crippen LogP contribution in [0.5, 0.6) is 0 Å². The summed E-state index contributed by atoms with van der Waals surface area (Å²) in [6.07, 6.45) is 5.56. The van der Waals surface area contributed by atoms with E-state index in [9.17, 15) is 9.59 Å². The molecule has 1 saturated heterocycles. The van der Waals surface area contributed by atoms with Crippen molar-refractivity contribution in [1.29, 1.82) is 0 Å². The maximum absolute atomic E-state index is 12.7. The second-order valence-corrected chi connectivity index (χ2v) is 7.72. The average molecular weight is 370 g/mol. The lowest BCUT2D eigenvalue weighted by Crippen LogP contribution is -2.39. The molecule has 1 aromatic heterocycles. The first kappa shape index (κ1) is 19.4. The van der Waals surface area contributed by atoms with Gasteiger partial charge < -0.3 is 20.1 Å². The van der Waals surface area contributed by atoms with Gasteiger partial charge in [-0.05, 0) is 37.9 Å². The van der Waals surface area contributed by atoms with E-state index in [2.05, 4.69) is 29.4 Å². The Bertz CT molecular complexity index is 838. The molecule has 1 aliphatic rings. The van der Waals surface area contributed by atoms with Gasteiger partial charge in [0, 0.05) is 36.6 Å². The largest absolute Gasteiger partial charge is 0.337 e. The van der Waals surface area contributed by atoms with Gasteiger partial charge in [0.1, 0.15) is 0 Å². The number of nitrogens with zero attached hydrogens (tertiary/aromatic N) is 2. The highest BCUT2D eigenvalue weighted by Crippen LogP contribution is 2.20. The van der Waals surface area contributed by atoms with Crippen LogP contribution in [0.25, 0.3) is 10.8 Å². The number of piperidine rings is 1. The predicted molar refractivity (Wildman–Crippen MR) is 110 cm³/mol. The Morgan fingerprint density at radius 1 is 1.11 bits per heavy atom. The van der Waals surface area contributed by atoms with E-state index in [1.165, 1.54) is 19.3 Å². The maximum Gasteiger partial charge on any atom is 0.319 e. The lowest BCUT2D eigenvalue weighted by molar-refractivity contribution is 0.224. The molecule has 27 heavy (non-hydrogen) atoms. The number of carbonyl (C=O) groups excluding carboxylic acids is 1. The number of hydrogen-bond donors (Lipinski definition) is 2. The predicted octanol–water partition coefficient (Wildman–Crippen LogP) is 3.26. The monoisotopic (exact) mass is 370 g/mol. The van der Waals surface area contributed by atoms with E-state index in [4.69, 9.17) is 0 Å². The van der Waals surface area contributed by atoms with Gasteiger partial charge in [0.25, 0.3) is 5.56 Å². The number of aromatic nitrogens is 1. The zero-order valence-electron chi connectivity index (χ0n) is 16.3. The van der Waals surface area contributed by atoms with Gasteiger partial charge in [-0.1, -0.05) is 38.5 Å².